The molecule has 0 fully saturated rings. The Kier molecular flexibility index (Phi) is 9.98. The average molecular weight is 553 g/mol. The van der Waals surface area contributed by atoms with Crippen molar-refractivity contribution in [3.8, 4) is 0 Å². The van der Waals surface area contributed by atoms with Crippen LogP contribution in [0.25, 0.3) is 0 Å². The van der Waals surface area contributed by atoms with Gasteiger partial charge in [-0.2, -0.15) is 0 Å². The highest BCUT2D eigenvalue weighted by atomic mass is 16.6. The number of rotatable bonds is 12. The van der Waals surface area contributed by atoms with E-state index in [1.165, 1.54) is 0 Å². The lowest BCUT2D eigenvalue weighted by molar-refractivity contribution is -0.195. The molecular weight excluding hydrogens is 524 g/mol. The molecule has 0 aromatic heterocycles. The van der Waals surface area contributed by atoms with Gasteiger partial charge in [-0.1, -0.05) is 121 Å². The summed E-state index contributed by atoms with van der Waals surface area (Å²) in [5, 5.41) is 0. The van der Waals surface area contributed by atoms with Gasteiger partial charge in [0.15, 0.2) is 0 Å². The predicted octanol–water partition coefficient (Wildman–Crippen LogP) is 4.95. The highest BCUT2D eigenvalue weighted by Crippen LogP contribution is 2.29. The van der Waals surface area contributed by atoms with Gasteiger partial charge in [0.05, 0.1) is 0 Å². The normalized spacial score (nSPS) is 10.7. The second kappa shape index (κ2) is 14.2. The quantitative estimate of drug-likeness (QED) is 0.138. The summed E-state index contributed by atoms with van der Waals surface area (Å²) in [6.07, 6.45) is 0. The summed E-state index contributed by atoms with van der Waals surface area (Å²) in [5.74, 6) is -5.85. The molecular formula is C33H28O8. The largest absolute Gasteiger partial charge is 0.459 e. The summed E-state index contributed by atoms with van der Waals surface area (Å²) in [6.45, 7) is -1.26. The Bertz CT molecular complexity index is 1210. The lowest BCUT2D eigenvalue weighted by Crippen LogP contribution is -2.55. The van der Waals surface area contributed by atoms with Crippen molar-refractivity contribution in [3.05, 3.63) is 144 Å². The van der Waals surface area contributed by atoms with E-state index in [0.29, 0.717) is 22.3 Å². The molecule has 0 amide bonds. The maximum absolute atomic E-state index is 13.7. The van der Waals surface area contributed by atoms with E-state index in [4.69, 9.17) is 18.9 Å². The van der Waals surface area contributed by atoms with Gasteiger partial charge >= 0.3 is 29.3 Å². The number of esters is 4. The second-order valence-electron chi connectivity index (χ2n) is 9.00. The summed E-state index contributed by atoms with van der Waals surface area (Å²) in [4.78, 5) is 54.7. The van der Waals surface area contributed by atoms with Gasteiger partial charge < -0.3 is 18.9 Å². The summed E-state index contributed by atoms with van der Waals surface area (Å²) in [7, 11) is 0. The average Bonchev–Trinajstić information content (AvgIpc) is 3.03. The van der Waals surface area contributed by atoms with Crippen molar-refractivity contribution in [2.75, 3.05) is 0 Å². The number of benzene rings is 4. The van der Waals surface area contributed by atoms with E-state index in [1.54, 1.807) is 121 Å². The topological polar surface area (TPSA) is 105 Å². The number of carbonyl (C=O) groups is 4. The third-order valence-electron chi connectivity index (χ3n) is 6.08. The van der Waals surface area contributed by atoms with Crippen LogP contribution in [0, 0.1) is 5.41 Å². The highest BCUT2D eigenvalue weighted by Gasteiger charge is 2.66. The zero-order valence-electron chi connectivity index (χ0n) is 22.1. The molecule has 0 aliphatic carbocycles. The molecule has 4 aromatic rings. The van der Waals surface area contributed by atoms with Crippen molar-refractivity contribution >= 4 is 23.9 Å². The zero-order chi connectivity index (χ0) is 28.9. The van der Waals surface area contributed by atoms with Gasteiger partial charge in [0, 0.05) is 0 Å². The first-order valence-electron chi connectivity index (χ1n) is 12.8. The van der Waals surface area contributed by atoms with Crippen molar-refractivity contribution < 1.29 is 38.1 Å². The monoisotopic (exact) mass is 552 g/mol. The van der Waals surface area contributed by atoms with E-state index < -0.39 is 29.3 Å². The number of hydrogen-bond acceptors (Lipinski definition) is 8. The Hall–Kier alpha value is -5.24. The number of carbonyl (C=O) groups excluding carboxylic acids is 4. The fraction of sp³-hybridized carbons (Fsp3) is 0.152. The number of ether oxygens (including phenoxy) is 4. The minimum atomic E-state index is -3.19. The first-order chi connectivity index (χ1) is 20.0. The molecule has 0 bridgehead atoms. The zero-order valence-corrected chi connectivity index (χ0v) is 22.1. The van der Waals surface area contributed by atoms with Gasteiger partial charge in [-0.25, -0.2) is 19.2 Å². The summed E-state index contributed by atoms with van der Waals surface area (Å²) < 4.78 is 21.5. The van der Waals surface area contributed by atoms with Crippen LogP contribution in [-0.2, 0) is 64.6 Å². The highest BCUT2D eigenvalue weighted by molar-refractivity contribution is 6.32. The fourth-order valence-corrected chi connectivity index (χ4v) is 3.83. The SMILES string of the molecule is O=C(OCc1ccccc1)C(C(=O)OCc1ccccc1)(C(=O)OCc1ccccc1)C(=O)OCc1ccccc1. The Morgan fingerprint density at radius 1 is 0.366 bits per heavy atom. The third-order valence-corrected chi connectivity index (χ3v) is 6.08. The van der Waals surface area contributed by atoms with Crippen molar-refractivity contribution in [1.29, 1.82) is 0 Å². The lowest BCUT2D eigenvalue weighted by Gasteiger charge is -2.26. The van der Waals surface area contributed by atoms with Crippen LogP contribution in [0.1, 0.15) is 22.3 Å². The third kappa shape index (κ3) is 7.45. The smallest absolute Gasteiger partial charge is 0.355 e. The van der Waals surface area contributed by atoms with Crippen LogP contribution in [0.15, 0.2) is 121 Å². The summed E-state index contributed by atoms with van der Waals surface area (Å²) >= 11 is 0. The van der Waals surface area contributed by atoms with E-state index in [2.05, 4.69) is 0 Å². The van der Waals surface area contributed by atoms with E-state index in [0.717, 1.165) is 0 Å². The minimum Gasteiger partial charge on any atom is -0.459 e. The first kappa shape index (κ1) is 28.8. The van der Waals surface area contributed by atoms with Crippen molar-refractivity contribution in [3.63, 3.8) is 0 Å². The number of hydrogen-bond donors (Lipinski definition) is 0. The Morgan fingerprint density at radius 3 is 0.756 bits per heavy atom. The van der Waals surface area contributed by atoms with E-state index in [-0.39, 0.29) is 26.4 Å². The maximum Gasteiger partial charge on any atom is 0.355 e. The molecule has 0 saturated heterocycles. The van der Waals surface area contributed by atoms with Gasteiger partial charge in [-0.15, -0.1) is 0 Å². The summed E-state index contributed by atoms with van der Waals surface area (Å²) in [6, 6.07) is 34.4. The van der Waals surface area contributed by atoms with E-state index in [1.807, 2.05) is 0 Å². The van der Waals surface area contributed by atoms with Crippen molar-refractivity contribution in [2.45, 2.75) is 26.4 Å². The molecule has 4 aromatic carbocycles. The Labute approximate surface area is 237 Å². The van der Waals surface area contributed by atoms with Crippen LogP contribution in [0.5, 0.6) is 0 Å². The molecule has 8 heteroatoms. The molecule has 208 valence electrons. The molecule has 0 aliphatic heterocycles. The van der Waals surface area contributed by atoms with Crippen molar-refractivity contribution in [1.82, 2.24) is 0 Å². The molecule has 0 aliphatic rings. The van der Waals surface area contributed by atoms with Gasteiger partial charge in [0.2, 0.25) is 0 Å². The molecule has 0 radical (unpaired) electrons. The van der Waals surface area contributed by atoms with Crippen LogP contribution in [0.2, 0.25) is 0 Å². The molecule has 0 unspecified atom stereocenters. The maximum atomic E-state index is 13.7. The fourth-order valence-electron chi connectivity index (χ4n) is 3.83. The second-order valence-corrected chi connectivity index (χ2v) is 9.00. The molecule has 8 nitrogen and oxygen atoms in total. The Morgan fingerprint density at radius 2 is 0.561 bits per heavy atom. The van der Waals surface area contributed by atoms with E-state index >= 15 is 0 Å². The lowest BCUT2D eigenvalue weighted by atomic mass is 9.87. The minimum absolute atomic E-state index is 0.314. The van der Waals surface area contributed by atoms with Gasteiger partial charge in [0.1, 0.15) is 26.4 Å². The molecule has 0 atom stereocenters. The van der Waals surface area contributed by atoms with Crippen molar-refractivity contribution in [2.24, 2.45) is 5.41 Å². The van der Waals surface area contributed by atoms with Gasteiger partial charge in [-0.05, 0) is 22.3 Å². The van der Waals surface area contributed by atoms with Gasteiger partial charge in [-0.3, -0.25) is 0 Å². The van der Waals surface area contributed by atoms with Crippen LogP contribution in [-0.4, -0.2) is 23.9 Å². The summed E-state index contributed by atoms with van der Waals surface area (Å²) in [5.41, 5.74) is -0.900. The Balaban J connectivity index is 1.66. The van der Waals surface area contributed by atoms with Crippen LogP contribution < -0.4 is 0 Å². The van der Waals surface area contributed by atoms with Crippen LogP contribution in [0.3, 0.4) is 0 Å². The molecule has 0 spiro atoms. The predicted molar refractivity (Wildman–Crippen MR) is 147 cm³/mol. The van der Waals surface area contributed by atoms with E-state index in [9.17, 15) is 19.2 Å². The first-order valence-corrected chi connectivity index (χ1v) is 12.8. The molecule has 0 saturated carbocycles. The molecule has 0 N–H and O–H groups in total. The van der Waals surface area contributed by atoms with Crippen LogP contribution >= 0.6 is 0 Å². The standard InChI is InChI=1S/C33H28O8/c34-29(38-21-25-13-5-1-6-14-25)33(30(35)39-22-26-15-7-2-8-16-26,31(36)40-23-27-17-9-3-10-18-27)32(37)41-24-28-19-11-4-12-20-28/h1-20H,21-24H2. The molecule has 41 heavy (non-hydrogen) atoms. The molecule has 4 rings (SSSR count). The van der Waals surface area contributed by atoms with Crippen LogP contribution in [0.4, 0.5) is 0 Å². The van der Waals surface area contributed by atoms with Gasteiger partial charge in [0.25, 0.3) is 0 Å². The molecule has 0 heterocycles.